The number of esters is 1. The summed E-state index contributed by atoms with van der Waals surface area (Å²) in [6.07, 6.45) is 3.38. The molecule has 3 heteroatoms. The molecule has 0 bridgehead atoms. The van der Waals surface area contributed by atoms with Gasteiger partial charge in [-0.3, -0.25) is 4.79 Å². The van der Waals surface area contributed by atoms with Crippen LogP contribution in [0, 0.1) is 0 Å². The minimum atomic E-state index is -0.250. The van der Waals surface area contributed by atoms with E-state index in [1.54, 1.807) is 0 Å². The molecule has 0 amide bonds. The fourth-order valence-corrected chi connectivity index (χ4v) is 1.06. The van der Waals surface area contributed by atoms with E-state index >= 15 is 0 Å². The summed E-state index contributed by atoms with van der Waals surface area (Å²) in [6, 6.07) is 0. The van der Waals surface area contributed by atoms with Crippen LogP contribution in [0.1, 0.15) is 39.0 Å². The number of aliphatic hydroxyl groups is 1. The van der Waals surface area contributed by atoms with Gasteiger partial charge in [-0.25, -0.2) is 0 Å². The number of ether oxygens (including phenoxy) is 1. The van der Waals surface area contributed by atoms with E-state index in [0.29, 0.717) is 19.3 Å². The van der Waals surface area contributed by atoms with Gasteiger partial charge in [0.25, 0.3) is 0 Å². The summed E-state index contributed by atoms with van der Waals surface area (Å²) in [5.74, 6) is -0.196. The van der Waals surface area contributed by atoms with Crippen molar-refractivity contribution < 1.29 is 14.6 Å². The molecule has 0 heterocycles. The molecular weight excluding hydrogens is 156 g/mol. The van der Waals surface area contributed by atoms with Crippen LogP contribution in [-0.2, 0) is 9.53 Å². The standard InChI is InChI=1S/C9H18O3/c1-3-5-8(10)6-4-7-9(11)12-2/h8,10H,3-7H2,1-2H3. The van der Waals surface area contributed by atoms with Crippen LogP contribution in [0.4, 0.5) is 0 Å². The molecule has 0 aliphatic rings. The highest BCUT2D eigenvalue weighted by atomic mass is 16.5. The number of carbonyl (C=O) groups is 1. The molecular formula is C9H18O3. The third-order valence-corrected chi connectivity index (χ3v) is 1.77. The van der Waals surface area contributed by atoms with Crippen molar-refractivity contribution in [3.63, 3.8) is 0 Å². The fourth-order valence-electron chi connectivity index (χ4n) is 1.06. The first-order valence-corrected chi connectivity index (χ1v) is 4.45. The molecule has 0 radical (unpaired) electrons. The molecule has 0 spiro atoms. The quantitative estimate of drug-likeness (QED) is 0.620. The molecule has 0 aromatic heterocycles. The molecule has 0 aliphatic heterocycles. The fraction of sp³-hybridized carbons (Fsp3) is 0.889. The van der Waals surface area contributed by atoms with Gasteiger partial charge >= 0.3 is 5.97 Å². The number of hydrogen-bond acceptors (Lipinski definition) is 3. The van der Waals surface area contributed by atoms with Gasteiger partial charge in [-0.05, 0) is 19.3 Å². The van der Waals surface area contributed by atoms with Gasteiger partial charge in [0.05, 0.1) is 13.2 Å². The predicted octanol–water partition coefficient (Wildman–Crippen LogP) is 1.49. The largest absolute Gasteiger partial charge is 0.469 e. The second kappa shape index (κ2) is 7.10. The Kier molecular flexibility index (Phi) is 6.76. The summed E-state index contributed by atoms with van der Waals surface area (Å²) >= 11 is 0. The monoisotopic (exact) mass is 174 g/mol. The Morgan fingerprint density at radius 3 is 2.67 bits per heavy atom. The third-order valence-electron chi connectivity index (χ3n) is 1.77. The topological polar surface area (TPSA) is 46.5 Å². The Morgan fingerprint density at radius 2 is 2.17 bits per heavy atom. The maximum atomic E-state index is 10.6. The van der Waals surface area contributed by atoms with Crippen molar-refractivity contribution in [3.8, 4) is 0 Å². The molecule has 0 saturated carbocycles. The molecule has 3 nitrogen and oxygen atoms in total. The number of hydrogen-bond donors (Lipinski definition) is 1. The van der Waals surface area contributed by atoms with Crippen LogP contribution in [-0.4, -0.2) is 24.3 Å². The van der Waals surface area contributed by atoms with Gasteiger partial charge in [0, 0.05) is 6.42 Å². The number of methoxy groups -OCH3 is 1. The minimum absolute atomic E-state index is 0.196. The number of rotatable bonds is 6. The zero-order valence-electron chi connectivity index (χ0n) is 7.88. The molecule has 0 rings (SSSR count). The molecule has 0 aliphatic carbocycles. The Balaban J connectivity index is 3.24. The number of aliphatic hydroxyl groups excluding tert-OH is 1. The molecule has 1 unspecified atom stereocenters. The molecule has 0 saturated heterocycles. The van der Waals surface area contributed by atoms with Gasteiger partial charge in [0.1, 0.15) is 0 Å². The third kappa shape index (κ3) is 6.16. The summed E-state index contributed by atoms with van der Waals surface area (Å²) in [7, 11) is 1.38. The average Bonchev–Trinajstić information content (AvgIpc) is 2.04. The minimum Gasteiger partial charge on any atom is -0.469 e. The van der Waals surface area contributed by atoms with E-state index in [9.17, 15) is 9.90 Å². The summed E-state index contributed by atoms with van der Waals surface area (Å²) in [5, 5.41) is 9.28. The van der Waals surface area contributed by atoms with E-state index < -0.39 is 0 Å². The molecule has 72 valence electrons. The summed E-state index contributed by atoms with van der Waals surface area (Å²) < 4.78 is 4.47. The SMILES string of the molecule is CCCC(O)CCCC(=O)OC. The zero-order valence-corrected chi connectivity index (χ0v) is 7.88. The van der Waals surface area contributed by atoms with E-state index in [-0.39, 0.29) is 12.1 Å². The Bertz CT molecular complexity index is 123. The summed E-state index contributed by atoms with van der Waals surface area (Å²) in [5.41, 5.74) is 0. The average molecular weight is 174 g/mol. The van der Waals surface area contributed by atoms with Crippen molar-refractivity contribution in [1.29, 1.82) is 0 Å². The van der Waals surface area contributed by atoms with Crippen LogP contribution in [0.3, 0.4) is 0 Å². The second-order valence-electron chi connectivity index (χ2n) is 2.91. The predicted molar refractivity (Wildman–Crippen MR) is 46.8 cm³/mol. The lowest BCUT2D eigenvalue weighted by Gasteiger charge is -2.07. The first-order chi connectivity index (χ1) is 5.70. The lowest BCUT2D eigenvalue weighted by Crippen LogP contribution is -2.07. The summed E-state index contributed by atoms with van der Waals surface area (Å²) in [4.78, 5) is 10.6. The van der Waals surface area contributed by atoms with E-state index in [4.69, 9.17) is 0 Å². The van der Waals surface area contributed by atoms with Crippen molar-refractivity contribution in [2.24, 2.45) is 0 Å². The highest BCUT2D eigenvalue weighted by Crippen LogP contribution is 2.06. The van der Waals surface area contributed by atoms with Gasteiger partial charge < -0.3 is 9.84 Å². The Morgan fingerprint density at radius 1 is 1.50 bits per heavy atom. The van der Waals surface area contributed by atoms with Gasteiger partial charge in [-0.2, -0.15) is 0 Å². The van der Waals surface area contributed by atoms with E-state index in [1.807, 2.05) is 6.92 Å². The van der Waals surface area contributed by atoms with Crippen LogP contribution < -0.4 is 0 Å². The van der Waals surface area contributed by atoms with E-state index in [1.165, 1.54) is 7.11 Å². The molecule has 0 aromatic carbocycles. The molecule has 1 atom stereocenters. The first kappa shape index (κ1) is 11.4. The molecule has 0 fully saturated rings. The normalized spacial score (nSPS) is 12.6. The van der Waals surface area contributed by atoms with Gasteiger partial charge in [0.2, 0.25) is 0 Å². The van der Waals surface area contributed by atoms with Crippen LogP contribution >= 0.6 is 0 Å². The van der Waals surface area contributed by atoms with Crippen LogP contribution in [0.15, 0.2) is 0 Å². The maximum absolute atomic E-state index is 10.6. The van der Waals surface area contributed by atoms with E-state index in [0.717, 1.165) is 12.8 Å². The lowest BCUT2D eigenvalue weighted by atomic mass is 10.1. The van der Waals surface area contributed by atoms with Crippen molar-refractivity contribution in [2.45, 2.75) is 45.1 Å². The smallest absolute Gasteiger partial charge is 0.305 e. The highest BCUT2D eigenvalue weighted by Gasteiger charge is 2.04. The van der Waals surface area contributed by atoms with Gasteiger partial charge in [-0.15, -0.1) is 0 Å². The van der Waals surface area contributed by atoms with Crippen molar-refractivity contribution in [1.82, 2.24) is 0 Å². The van der Waals surface area contributed by atoms with Crippen molar-refractivity contribution in [2.75, 3.05) is 7.11 Å². The summed E-state index contributed by atoms with van der Waals surface area (Å²) in [6.45, 7) is 2.03. The molecule has 12 heavy (non-hydrogen) atoms. The second-order valence-corrected chi connectivity index (χ2v) is 2.91. The maximum Gasteiger partial charge on any atom is 0.305 e. The molecule has 0 aromatic rings. The van der Waals surface area contributed by atoms with Crippen LogP contribution in [0.2, 0.25) is 0 Å². The Labute approximate surface area is 73.7 Å². The van der Waals surface area contributed by atoms with Gasteiger partial charge in [-0.1, -0.05) is 13.3 Å². The highest BCUT2D eigenvalue weighted by molar-refractivity contribution is 5.68. The molecule has 1 N–H and O–H groups in total. The van der Waals surface area contributed by atoms with E-state index in [2.05, 4.69) is 4.74 Å². The Hall–Kier alpha value is -0.570. The number of carbonyl (C=O) groups excluding carboxylic acids is 1. The lowest BCUT2D eigenvalue weighted by molar-refractivity contribution is -0.140. The first-order valence-electron chi connectivity index (χ1n) is 4.45. The van der Waals surface area contributed by atoms with Crippen molar-refractivity contribution in [3.05, 3.63) is 0 Å². The van der Waals surface area contributed by atoms with Crippen molar-refractivity contribution >= 4 is 5.97 Å². The van der Waals surface area contributed by atoms with Crippen LogP contribution in [0.5, 0.6) is 0 Å². The zero-order chi connectivity index (χ0) is 9.40. The van der Waals surface area contributed by atoms with Gasteiger partial charge in [0.15, 0.2) is 0 Å². The van der Waals surface area contributed by atoms with Crippen LogP contribution in [0.25, 0.3) is 0 Å².